The number of rotatable bonds is 4. The molecule has 0 bridgehead atoms. The molecule has 6 nitrogen and oxygen atoms in total. The average Bonchev–Trinajstić information content (AvgIpc) is 2.27. The van der Waals surface area contributed by atoms with E-state index in [-0.39, 0.29) is 15.5 Å². The summed E-state index contributed by atoms with van der Waals surface area (Å²) >= 11 is 5.77. The molecule has 1 amide bonds. The first-order chi connectivity index (χ1) is 8.27. The fraction of sp³-hybridized carbons (Fsp3) is 0.200. The van der Waals surface area contributed by atoms with E-state index in [2.05, 4.69) is 4.72 Å². The van der Waals surface area contributed by atoms with Gasteiger partial charge in [-0.05, 0) is 25.1 Å². The number of benzene rings is 1. The average molecular weight is 288 g/mol. The minimum Gasteiger partial charge on any atom is -0.368 e. The van der Waals surface area contributed by atoms with Crippen molar-refractivity contribution in [1.29, 1.82) is 5.26 Å². The molecule has 0 saturated carbocycles. The Bertz CT molecular complexity index is 622. The predicted molar refractivity (Wildman–Crippen MR) is 65.1 cm³/mol. The molecule has 0 saturated heterocycles. The van der Waals surface area contributed by atoms with Crippen LogP contribution in [0.2, 0.25) is 5.02 Å². The van der Waals surface area contributed by atoms with Crippen LogP contribution in [-0.2, 0) is 14.8 Å². The van der Waals surface area contributed by atoms with Gasteiger partial charge in [0.2, 0.25) is 15.9 Å². The van der Waals surface area contributed by atoms with E-state index < -0.39 is 22.0 Å². The lowest BCUT2D eigenvalue weighted by atomic mass is 10.2. The SMILES string of the molecule is CC(NS(=O)(=O)c1ccc(C#N)cc1Cl)C(N)=O. The van der Waals surface area contributed by atoms with Crippen molar-refractivity contribution in [2.45, 2.75) is 17.9 Å². The largest absolute Gasteiger partial charge is 0.368 e. The summed E-state index contributed by atoms with van der Waals surface area (Å²) in [7, 11) is -3.95. The number of carbonyl (C=O) groups is 1. The molecule has 0 aliphatic rings. The van der Waals surface area contributed by atoms with Gasteiger partial charge in [-0.1, -0.05) is 11.6 Å². The molecule has 0 aliphatic carbocycles. The summed E-state index contributed by atoms with van der Waals surface area (Å²) in [5.41, 5.74) is 5.20. The van der Waals surface area contributed by atoms with Gasteiger partial charge in [0.15, 0.2) is 0 Å². The summed E-state index contributed by atoms with van der Waals surface area (Å²) < 4.78 is 25.8. The molecule has 1 aromatic carbocycles. The number of carbonyl (C=O) groups excluding carboxylic acids is 1. The van der Waals surface area contributed by atoms with Gasteiger partial charge in [0.25, 0.3) is 0 Å². The Morgan fingerprint density at radius 1 is 1.56 bits per heavy atom. The summed E-state index contributed by atoms with van der Waals surface area (Å²) in [6.45, 7) is 1.32. The van der Waals surface area contributed by atoms with Crippen LogP contribution in [-0.4, -0.2) is 20.4 Å². The van der Waals surface area contributed by atoms with Crippen molar-refractivity contribution in [1.82, 2.24) is 4.72 Å². The zero-order chi connectivity index (χ0) is 13.9. The Labute approximate surface area is 109 Å². The maximum absolute atomic E-state index is 11.9. The van der Waals surface area contributed by atoms with Crippen molar-refractivity contribution in [3.05, 3.63) is 28.8 Å². The van der Waals surface area contributed by atoms with Crippen molar-refractivity contribution >= 4 is 27.5 Å². The fourth-order valence-corrected chi connectivity index (χ4v) is 2.90. The van der Waals surface area contributed by atoms with Gasteiger partial charge in [-0.2, -0.15) is 9.98 Å². The third-order valence-electron chi connectivity index (χ3n) is 2.11. The lowest BCUT2D eigenvalue weighted by molar-refractivity contribution is -0.119. The van der Waals surface area contributed by atoms with Gasteiger partial charge in [-0.25, -0.2) is 8.42 Å². The standard InChI is InChI=1S/C10H10ClN3O3S/c1-6(10(13)15)14-18(16,17)9-3-2-7(5-12)4-8(9)11/h2-4,6,14H,1H3,(H2,13,15). The normalized spacial score (nSPS) is 12.7. The van der Waals surface area contributed by atoms with Gasteiger partial charge in [0.1, 0.15) is 4.90 Å². The van der Waals surface area contributed by atoms with E-state index in [4.69, 9.17) is 22.6 Å². The summed E-state index contributed by atoms with van der Waals surface area (Å²) in [5.74, 6) is -0.802. The zero-order valence-corrected chi connectivity index (χ0v) is 10.9. The van der Waals surface area contributed by atoms with E-state index in [1.165, 1.54) is 25.1 Å². The number of nitrogens with two attached hydrogens (primary N) is 1. The molecule has 3 N–H and O–H groups in total. The maximum atomic E-state index is 11.9. The highest BCUT2D eigenvalue weighted by molar-refractivity contribution is 7.89. The molecular weight excluding hydrogens is 278 g/mol. The predicted octanol–water partition coefficient (Wildman–Crippen LogP) is 0.364. The highest BCUT2D eigenvalue weighted by Crippen LogP contribution is 2.22. The number of amides is 1. The summed E-state index contributed by atoms with van der Waals surface area (Å²) in [5, 5.41) is 8.54. The molecule has 8 heteroatoms. The number of halogens is 1. The van der Waals surface area contributed by atoms with Crippen LogP contribution in [0.25, 0.3) is 0 Å². The van der Waals surface area contributed by atoms with Gasteiger partial charge in [-0.3, -0.25) is 4.79 Å². The Balaban J connectivity index is 3.14. The molecule has 1 atom stereocenters. The van der Waals surface area contributed by atoms with Crippen LogP contribution in [0.1, 0.15) is 12.5 Å². The van der Waals surface area contributed by atoms with E-state index in [0.717, 1.165) is 0 Å². The molecule has 0 fully saturated rings. The van der Waals surface area contributed by atoms with Gasteiger partial charge in [0, 0.05) is 0 Å². The number of sulfonamides is 1. The molecule has 0 spiro atoms. The van der Waals surface area contributed by atoms with Gasteiger partial charge >= 0.3 is 0 Å². The summed E-state index contributed by atoms with van der Waals surface area (Å²) in [4.78, 5) is 10.6. The third kappa shape index (κ3) is 3.20. The van der Waals surface area contributed by atoms with Crippen molar-refractivity contribution < 1.29 is 13.2 Å². The first-order valence-corrected chi connectivity index (χ1v) is 6.65. The van der Waals surface area contributed by atoms with Crippen molar-refractivity contribution in [3.63, 3.8) is 0 Å². The zero-order valence-electron chi connectivity index (χ0n) is 9.34. The van der Waals surface area contributed by atoms with E-state index in [1.54, 1.807) is 0 Å². The molecule has 1 rings (SSSR count). The quantitative estimate of drug-likeness (QED) is 0.832. The van der Waals surface area contributed by atoms with E-state index in [1.807, 2.05) is 6.07 Å². The number of hydrogen-bond acceptors (Lipinski definition) is 4. The first kappa shape index (κ1) is 14.4. The second-order valence-corrected chi connectivity index (χ2v) is 5.59. The molecular formula is C10H10ClN3O3S. The van der Waals surface area contributed by atoms with Crippen LogP contribution in [0.4, 0.5) is 0 Å². The van der Waals surface area contributed by atoms with Gasteiger partial charge in [-0.15, -0.1) is 0 Å². The number of primary amides is 1. The number of nitriles is 1. The monoisotopic (exact) mass is 287 g/mol. The lowest BCUT2D eigenvalue weighted by Gasteiger charge is -2.12. The number of nitrogens with zero attached hydrogens (tertiary/aromatic N) is 1. The Hall–Kier alpha value is -1.62. The second kappa shape index (κ2) is 5.35. The second-order valence-electron chi connectivity index (χ2n) is 3.50. The molecule has 0 aromatic heterocycles. The maximum Gasteiger partial charge on any atom is 0.242 e. The van der Waals surface area contributed by atoms with Gasteiger partial charge < -0.3 is 5.73 Å². The van der Waals surface area contributed by atoms with Crippen molar-refractivity contribution in [2.75, 3.05) is 0 Å². The van der Waals surface area contributed by atoms with Crippen LogP contribution < -0.4 is 10.5 Å². The summed E-state index contributed by atoms with van der Waals surface area (Å²) in [6, 6.07) is 4.51. The van der Waals surface area contributed by atoms with Crippen LogP contribution in [0, 0.1) is 11.3 Å². The lowest BCUT2D eigenvalue weighted by Crippen LogP contribution is -2.42. The molecule has 18 heavy (non-hydrogen) atoms. The van der Waals surface area contributed by atoms with Gasteiger partial charge in [0.05, 0.1) is 22.7 Å². The van der Waals surface area contributed by atoms with E-state index >= 15 is 0 Å². The summed E-state index contributed by atoms with van der Waals surface area (Å²) in [6.07, 6.45) is 0. The number of nitrogens with one attached hydrogen (secondary N) is 1. The number of hydrogen-bond donors (Lipinski definition) is 2. The highest BCUT2D eigenvalue weighted by Gasteiger charge is 2.22. The molecule has 0 heterocycles. The molecule has 0 aliphatic heterocycles. The Morgan fingerprint density at radius 3 is 2.61 bits per heavy atom. The highest BCUT2D eigenvalue weighted by atomic mass is 35.5. The Morgan fingerprint density at radius 2 is 2.17 bits per heavy atom. The smallest absolute Gasteiger partial charge is 0.242 e. The topological polar surface area (TPSA) is 113 Å². The fourth-order valence-electron chi connectivity index (χ4n) is 1.14. The molecule has 1 unspecified atom stereocenters. The Kier molecular flexibility index (Phi) is 4.29. The van der Waals surface area contributed by atoms with E-state index in [9.17, 15) is 13.2 Å². The molecule has 96 valence electrons. The van der Waals surface area contributed by atoms with E-state index in [0.29, 0.717) is 0 Å². The van der Waals surface area contributed by atoms with Crippen molar-refractivity contribution in [2.24, 2.45) is 5.73 Å². The van der Waals surface area contributed by atoms with Crippen LogP contribution in [0.3, 0.4) is 0 Å². The molecule has 1 aromatic rings. The van der Waals surface area contributed by atoms with Crippen LogP contribution in [0.5, 0.6) is 0 Å². The third-order valence-corrected chi connectivity index (χ3v) is 4.13. The van der Waals surface area contributed by atoms with Crippen molar-refractivity contribution in [3.8, 4) is 6.07 Å². The molecule has 0 radical (unpaired) electrons. The van der Waals surface area contributed by atoms with Crippen LogP contribution >= 0.6 is 11.6 Å². The first-order valence-electron chi connectivity index (χ1n) is 4.79. The minimum atomic E-state index is -3.95. The minimum absolute atomic E-state index is 0.0989. The van der Waals surface area contributed by atoms with Crippen LogP contribution in [0.15, 0.2) is 23.1 Å².